The van der Waals surface area contributed by atoms with E-state index in [0.29, 0.717) is 17.9 Å². The van der Waals surface area contributed by atoms with Gasteiger partial charge in [-0.2, -0.15) is 0 Å². The third-order valence-electron chi connectivity index (χ3n) is 3.53. The van der Waals surface area contributed by atoms with Crippen LogP contribution in [-0.2, 0) is 6.54 Å². The second kappa shape index (κ2) is 8.25. The summed E-state index contributed by atoms with van der Waals surface area (Å²) in [5, 5.41) is 3.45. The number of nitrogens with one attached hydrogen (secondary N) is 1. The van der Waals surface area contributed by atoms with Gasteiger partial charge >= 0.3 is 0 Å². The monoisotopic (exact) mass is 277 g/mol. The molecule has 114 valence electrons. The van der Waals surface area contributed by atoms with E-state index in [1.807, 2.05) is 6.20 Å². The average Bonchev–Trinajstić information content (AvgIpc) is 2.37. The highest BCUT2D eigenvalue weighted by Gasteiger charge is 2.12. The van der Waals surface area contributed by atoms with Gasteiger partial charge in [0.05, 0.1) is 0 Å². The Morgan fingerprint density at radius 3 is 2.30 bits per heavy atom. The minimum Gasteiger partial charge on any atom is -0.357 e. The number of hydrogen-bond acceptors (Lipinski definition) is 3. The fourth-order valence-electron chi connectivity index (χ4n) is 2.30. The van der Waals surface area contributed by atoms with Gasteiger partial charge in [-0.05, 0) is 43.4 Å². The lowest BCUT2D eigenvalue weighted by molar-refractivity contribution is 0.502. The molecule has 0 radical (unpaired) electrons. The van der Waals surface area contributed by atoms with Crippen molar-refractivity contribution in [3.8, 4) is 0 Å². The average molecular weight is 277 g/mol. The van der Waals surface area contributed by atoms with Crippen LogP contribution in [0.5, 0.6) is 0 Å². The molecule has 0 aromatic carbocycles. The van der Waals surface area contributed by atoms with Gasteiger partial charge in [-0.3, -0.25) is 0 Å². The maximum Gasteiger partial charge on any atom is 0.128 e. The summed E-state index contributed by atoms with van der Waals surface area (Å²) in [5.41, 5.74) is 1.25. The first-order valence-corrected chi connectivity index (χ1v) is 7.78. The Morgan fingerprint density at radius 2 is 1.80 bits per heavy atom. The Morgan fingerprint density at radius 1 is 1.10 bits per heavy atom. The zero-order chi connectivity index (χ0) is 15.1. The summed E-state index contributed by atoms with van der Waals surface area (Å²) in [6.07, 6.45) is 3.18. The fraction of sp³-hybridized carbons (Fsp3) is 0.706. The minimum absolute atomic E-state index is 0.521. The molecule has 0 aliphatic rings. The van der Waals surface area contributed by atoms with Gasteiger partial charge in [0.15, 0.2) is 0 Å². The van der Waals surface area contributed by atoms with Gasteiger partial charge in [0.25, 0.3) is 0 Å². The maximum atomic E-state index is 4.59. The minimum atomic E-state index is 0.521. The Kier molecular flexibility index (Phi) is 7.00. The number of anilines is 1. The van der Waals surface area contributed by atoms with E-state index in [4.69, 9.17) is 0 Å². The molecule has 0 amide bonds. The highest BCUT2D eigenvalue weighted by atomic mass is 15.2. The lowest BCUT2D eigenvalue weighted by Crippen LogP contribution is -2.30. The molecule has 0 aliphatic heterocycles. The Balaban J connectivity index is 2.52. The van der Waals surface area contributed by atoms with Gasteiger partial charge in [0.1, 0.15) is 5.82 Å². The van der Waals surface area contributed by atoms with Crippen LogP contribution in [-0.4, -0.2) is 24.6 Å². The van der Waals surface area contributed by atoms with Crippen LogP contribution >= 0.6 is 0 Å². The van der Waals surface area contributed by atoms with E-state index in [1.54, 1.807) is 0 Å². The number of nitrogens with zero attached hydrogens (tertiary/aromatic N) is 2. The van der Waals surface area contributed by atoms with Gasteiger partial charge in [0, 0.05) is 25.8 Å². The van der Waals surface area contributed by atoms with Crippen molar-refractivity contribution in [2.75, 3.05) is 18.5 Å². The van der Waals surface area contributed by atoms with E-state index in [0.717, 1.165) is 18.9 Å². The Labute approximate surface area is 124 Å². The van der Waals surface area contributed by atoms with Gasteiger partial charge in [-0.25, -0.2) is 4.98 Å². The van der Waals surface area contributed by atoms with Crippen molar-refractivity contribution < 1.29 is 0 Å². The molecule has 0 saturated carbocycles. The first-order chi connectivity index (χ1) is 9.40. The lowest BCUT2D eigenvalue weighted by atomic mass is 10.0. The molecule has 1 atom stereocenters. The molecule has 1 unspecified atom stereocenters. The molecule has 0 bridgehead atoms. The first kappa shape index (κ1) is 17.0. The van der Waals surface area contributed by atoms with E-state index < -0.39 is 0 Å². The second-order valence-electron chi connectivity index (χ2n) is 6.64. The highest BCUT2D eigenvalue weighted by molar-refractivity contribution is 5.39. The molecule has 1 aromatic rings. The molecule has 1 heterocycles. The van der Waals surface area contributed by atoms with Crippen LogP contribution in [0, 0.1) is 11.8 Å². The quantitative estimate of drug-likeness (QED) is 0.785. The molecule has 3 nitrogen and oxygen atoms in total. The van der Waals surface area contributed by atoms with Crippen LogP contribution in [0.3, 0.4) is 0 Å². The Hall–Kier alpha value is -1.09. The van der Waals surface area contributed by atoms with Crippen molar-refractivity contribution in [3.63, 3.8) is 0 Å². The number of aromatic nitrogens is 1. The van der Waals surface area contributed by atoms with Crippen LogP contribution in [0.4, 0.5) is 5.82 Å². The molecule has 3 heteroatoms. The van der Waals surface area contributed by atoms with E-state index in [2.05, 4.69) is 69.0 Å². The smallest absolute Gasteiger partial charge is 0.128 e. The molecule has 20 heavy (non-hydrogen) atoms. The third-order valence-corrected chi connectivity index (χ3v) is 3.53. The summed E-state index contributed by atoms with van der Waals surface area (Å²) in [5.74, 6) is 2.46. The standard InChI is InChI=1S/C17H31N3/c1-13(2)9-15(5)20(6)17-8-7-16(12-19-17)11-18-10-14(3)4/h7-8,12-15,18H,9-11H2,1-6H3. The van der Waals surface area contributed by atoms with Gasteiger partial charge in [0.2, 0.25) is 0 Å². The van der Waals surface area contributed by atoms with Crippen molar-refractivity contribution in [2.45, 2.75) is 53.6 Å². The summed E-state index contributed by atoms with van der Waals surface area (Å²) in [6.45, 7) is 13.2. The summed E-state index contributed by atoms with van der Waals surface area (Å²) in [4.78, 5) is 6.86. The lowest BCUT2D eigenvalue weighted by Gasteiger charge is -2.27. The van der Waals surface area contributed by atoms with E-state index in [-0.39, 0.29) is 0 Å². The van der Waals surface area contributed by atoms with Crippen molar-refractivity contribution in [1.29, 1.82) is 0 Å². The third kappa shape index (κ3) is 5.91. The van der Waals surface area contributed by atoms with E-state index in [9.17, 15) is 0 Å². The number of pyridine rings is 1. The van der Waals surface area contributed by atoms with Crippen molar-refractivity contribution >= 4 is 5.82 Å². The predicted molar refractivity (Wildman–Crippen MR) is 88.1 cm³/mol. The normalized spacial score (nSPS) is 13.0. The molecule has 1 N–H and O–H groups in total. The van der Waals surface area contributed by atoms with Crippen molar-refractivity contribution in [3.05, 3.63) is 23.9 Å². The van der Waals surface area contributed by atoms with E-state index >= 15 is 0 Å². The van der Waals surface area contributed by atoms with Crippen LogP contribution in [0.15, 0.2) is 18.3 Å². The zero-order valence-corrected chi connectivity index (χ0v) is 14.0. The topological polar surface area (TPSA) is 28.2 Å². The second-order valence-corrected chi connectivity index (χ2v) is 6.64. The van der Waals surface area contributed by atoms with Crippen molar-refractivity contribution in [2.24, 2.45) is 11.8 Å². The maximum absolute atomic E-state index is 4.59. The van der Waals surface area contributed by atoms with Crippen LogP contribution < -0.4 is 10.2 Å². The molecule has 0 fully saturated rings. The molecule has 0 saturated heterocycles. The van der Waals surface area contributed by atoms with Crippen LogP contribution in [0.2, 0.25) is 0 Å². The molecule has 1 rings (SSSR count). The van der Waals surface area contributed by atoms with Crippen LogP contribution in [0.25, 0.3) is 0 Å². The number of hydrogen-bond donors (Lipinski definition) is 1. The SMILES string of the molecule is CC(C)CNCc1ccc(N(C)C(C)CC(C)C)nc1. The summed E-state index contributed by atoms with van der Waals surface area (Å²) in [6, 6.07) is 4.82. The first-order valence-electron chi connectivity index (χ1n) is 7.78. The molecular formula is C17H31N3. The molecular weight excluding hydrogens is 246 g/mol. The predicted octanol–water partition coefficient (Wildman–Crippen LogP) is 3.70. The summed E-state index contributed by atoms with van der Waals surface area (Å²) >= 11 is 0. The van der Waals surface area contributed by atoms with Gasteiger partial charge in [-0.1, -0.05) is 33.8 Å². The number of rotatable bonds is 8. The largest absolute Gasteiger partial charge is 0.357 e. The fourth-order valence-corrected chi connectivity index (χ4v) is 2.30. The molecule has 0 aliphatic carbocycles. The zero-order valence-electron chi connectivity index (χ0n) is 14.0. The van der Waals surface area contributed by atoms with Crippen molar-refractivity contribution in [1.82, 2.24) is 10.3 Å². The van der Waals surface area contributed by atoms with Gasteiger partial charge < -0.3 is 10.2 Å². The van der Waals surface area contributed by atoms with E-state index in [1.165, 1.54) is 12.0 Å². The summed E-state index contributed by atoms with van der Waals surface area (Å²) in [7, 11) is 2.13. The molecule has 0 spiro atoms. The van der Waals surface area contributed by atoms with Crippen LogP contribution in [0.1, 0.15) is 46.6 Å². The highest BCUT2D eigenvalue weighted by Crippen LogP contribution is 2.17. The van der Waals surface area contributed by atoms with Gasteiger partial charge in [-0.15, -0.1) is 0 Å². The Bertz CT molecular complexity index is 370. The summed E-state index contributed by atoms with van der Waals surface area (Å²) < 4.78 is 0. The molecule has 1 aromatic heterocycles.